The van der Waals surface area contributed by atoms with Crippen molar-refractivity contribution < 1.29 is 55.3 Å². The number of aromatic hydroxyl groups is 1. The molecule has 0 fully saturated rings. The molecule has 212 valence electrons. The minimum Gasteiger partial charge on any atom is -0.506 e. The zero-order valence-corrected chi connectivity index (χ0v) is 20.7. The van der Waals surface area contributed by atoms with Crippen LogP contribution >= 0.6 is 11.3 Å². The first-order chi connectivity index (χ1) is 17.5. The molecule has 0 spiro atoms. The molecule has 1 amide bonds. The smallest absolute Gasteiger partial charge is 0.491 e. The average molecular weight is 575 g/mol. The van der Waals surface area contributed by atoms with Crippen molar-refractivity contribution in [3.8, 4) is 5.75 Å². The van der Waals surface area contributed by atoms with Gasteiger partial charge in [0.15, 0.2) is 0 Å². The Morgan fingerprint density at radius 3 is 2.13 bits per heavy atom. The summed E-state index contributed by atoms with van der Waals surface area (Å²) in [6.07, 6.45) is -10.8. The van der Waals surface area contributed by atoms with E-state index >= 15 is 0 Å². The predicted octanol–water partition coefficient (Wildman–Crippen LogP) is 2.59. The molecule has 1 aromatic carbocycles. The summed E-state index contributed by atoms with van der Waals surface area (Å²) in [5, 5.41) is 12.8. The maximum Gasteiger partial charge on any atom is 0.491 e. The van der Waals surface area contributed by atoms with Crippen LogP contribution in [0.25, 0.3) is 10.2 Å². The van der Waals surface area contributed by atoms with Crippen LogP contribution in [-0.4, -0.2) is 77.2 Å². The number of thiazole rings is 1. The van der Waals surface area contributed by atoms with Gasteiger partial charge in [-0.05, 0) is 31.0 Å². The molecule has 0 saturated carbocycles. The number of hydrogen-bond donors (Lipinski definition) is 3. The minimum atomic E-state index is -5.68. The van der Waals surface area contributed by atoms with Crippen molar-refractivity contribution in [1.82, 2.24) is 15.2 Å². The molecule has 0 bridgehead atoms. The summed E-state index contributed by atoms with van der Waals surface area (Å²) < 4.78 is 84.6. The van der Waals surface area contributed by atoms with E-state index in [0.29, 0.717) is 23.6 Å². The Hall–Kier alpha value is -3.34. The van der Waals surface area contributed by atoms with E-state index in [2.05, 4.69) is 19.8 Å². The summed E-state index contributed by atoms with van der Waals surface area (Å²) in [4.78, 5) is 50.0. The van der Waals surface area contributed by atoms with E-state index in [-0.39, 0.29) is 48.7 Å². The fraction of sp³-hybridized carbons (Fsp3) is 0.524. The summed E-state index contributed by atoms with van der Waals surface area (Å²) in [6, 6.07) is 3.00. The Kier molecular flexibility index (Phi) is 9.77. The van der Waals surface area contributed by atoms with Gasteiger partial charge in [0.1, 0.15) is 11.3 Å². The van der Waals surface area contributed by atoms with Crippen LogP contribution in [0.15, 0.2) is 16.9 Å². The van der Waals surface area contributed by atoms with Crippen LogP contribution in [0.3, 0.4) is 0 Å². The Morgan fingerprint density at radius 1 is 1.03 bits per heavy atom. The van der Waals surface area contributed by atoms with Crippen LogP contribution in [0.5, 0.6) is 5.75 Å². The molecule has 0 saturated heterocycles. The number of phenolic OH excluding ortho intramolecular Hbond substituents is 1. The third-order valence-corrected chi connectivity index (χ3v) is 5.93. The number of carbonyl (C=O) groups is 3. The van der Waals surface area contributed by atoms with Crippen LogP contribution in [0.2, 0.25) is 0 Å². The normalized spacial score (nSPS) is 12.4. The lowest BCUT2D eigenvalue weighted by atomic mass is 10.1. The Morgan fingerprint density at radius 2 is 1.61 bits per heavy atom. The van der Waals surface area contributed by atoms with Crippen LogP contribution in [-0.2, 0) is 30.3 Å². The molecule has 2 rings (SSSR count). The molecule has 0 aliphatic rings. The molecule has 1 heterocycles. The summed E-state index contributed by atoms with van der Waals surface area (Å²) >= 11 is 0.893. The van der Waals surface area contributed by atoms with Crippen molar-refractivity contribution in [2.24, 2.45) is 0 Å². The monoisotopic (exact) mass is 575 g/mol. The number of rotatable bonds is 11. The van der Waals surface area contributed by atoms with Gasteiger partial charge >= 0.3 is 40.9 Å². The van der Waals surface area contributed by atoms with E-state index in [0.717, 1.165) is 16.2 Å². The third kappa shape index (κ3) is 7.83. The second kappa shape index (κ2) is 12.0. The second-order valence-corrected chi connectivity index (χ2v) is 8.96. The number of fused-ring (bicyclic) bond motifs is 1. The summed E-state index contributed by atoms with van der Waals surface area (Å²) in [7, 11) is 0. The number of benzene rings is 1. The molecular formula is C21H23F6N3O7S. The van der Waals surface area contributed by atoms with Gasteiger partial charge in [0.2, 0.25) is 0 Å². The van der Waals surface area contributed by atoms with Gasteiger partial charge in [0.05, 0.1) is 4.70 Å². The van der Waals surface area contributed by atoms with Gasteiger partial charge in [-0.25, -0.2) is 9.59 Å². The topological polar surface area (TPSA) is 138 Å². The highest BCUT2D eigenvalue weighted by Crippen LogP contribution is 2.29. The Labute approximate surface area is 214 Å². The Bertz CT molecular complexity index is 1200. The van der Waals surface area contributed by atoms with Gasteiger partial charge < -0.3 is 29.8 Å². The first-order valence-electron chi connectivity index (χ1n) is 10.9. The van der Waals surface area contributed by atoms with Gasteiger partial charge in [-0.3, -0.25) is 9.59 Å². The summed E-state index contributed by atoms with van der Waals surface area (Å²) in [6.45, 7) is 1.69. The lowest BCUT2D eigenvalue weighted by Gasteiger charge is -2.33. The number of nitrogens with one attached hydrogen (secondary N) is 2. The van der Waals surface area contributed by atoms with Crippen LogP contribution < -0.4 is 10.2 Å². The Balaban J connectivity index is 2.10. The van der Waals surface area contributed by atoms with Crippen molar-refractivity contribution in [2.75, 3.05) is 26.2 Å². The van der Waals surface area contributed by atoms with E-state index in [4.69, 9.17) is 0 Å². The van der Waals surface area contributed by atoms with Gasteiger partial charge in [-0.1, -0.05) is 24.3 Å². The van der Waals surface area contributed by atoms with E-state index in [1.807, 2.05) is 0 Å². The zero-order valence-electron chi connectivity index (χ0n) is 19.9. The predicted molar refractivity (Wildman–Crippen MR) is 120 cm³/mol. The highest BCUT2D eigenvalue weighted by molar-refractivity contribution is 7.16. The number of alkyl halides is 6. The van der Waals surface area contributed by atoms with Crippen molar-refractivity contribution in [3.63, 3.8) is 0 Å². The number of halogens is 6. The van der Waals surface area contributed by atoms with Crippen LogP contribution in [0, 0.1) is 0 Å². The number of nitrogens with zero attached hydrogens (tertiary/aromatic N) is 1. The molecule has 2 aromatic rings. The fourth-order valence-electron chi connectivity index (χ4n) is 3.28. The van der Waals surface area contributed by atoms with E-state index < -0.39 is 36.0 Å². The molecule has 0 unspecified atom stereocenters. The van der Waals surface area contributed by atoms with E-state index in [9.17, 15) is 50.6 Å². The largest absolute Gasteiger partial charge is 0.506 e. The number of esters is 2. The molecule has 0 radical (unpaired) electrons. The number of carbonyl (C=O) groups excluding carboxylic acids is 3. The quantitative estimate of drug-likeness (QED) is 0.161. The maximum absolute atomic E-state index is 12.9. The number of amides is 1. The SMILES string of the molecule is CCCN(CCNCCc1ccc(O)c2[nH]c(=O)sc12)C(=O)C(C)(OC(=O)C(F)(F)F)OC(=O)C(F)(F)F. The van der Waals surface area contributed by atoms with Gasteiger partial charge in [-0.15, -0.1) is 0 Å². The first-order valence-corrected chi connectivity index (χ1v) is 11.7. The number of aromatic nitrogens is 1. The van der Waals surface area contributed by atoms with Gasteiger partial charge in [0, 0.05) is 26.6 Å². The minimum absolute atomic E-state index is 0.00709. The average Bonchev–Trinajstić information content (AvgIpc) is 3.20. The third-order valence-electron chi connectivity index (χ3n) is 4.98. The number of hydrogen-bond acceptors (Lipinski definition) is 9. The molecular weight excluding hydrogens is 552 g/mol. The van der Waals surface area contributed by atoms with E-state index in [1.54, 1.807) is 13.0 Å². The zero-order chi connectivity index (χ0) is 28.9. The first kappa shape index (κ1) is 30.9. The molecule has 38 heavy (non-hydrogen) atoms. The second-order valence-electron chi connectivity index (χ2n) is 7.97. The summed E-state index contributed by atoms with van der Waals surface area (Å²) in [5.74, 6) is -11.3. The van der Waals surface area contributed by atoms with Gasteiger partial charge in [-0.2, -0.15) is 26.3 Å². The molecule has 1 aromatic heterocycles. The van der Waals surface area contributed by atoms with Crippen molar-refractivity contribution in [2.45, 2.75) is 44.8 Å². The van der Waals surface area contributed by atoms with Crippen LogP contribution in [0.1, 0.15) is 25.8 Å². The number of aromatic amines is 1. The summed E-state index contributed by atoms with van der Waals surface area (Å²) in [5.41, 5.74) is 0.985. The van der Waals surface area contributed by atoms with Crippen molar-refractivity contribution >= 4 is 39.4 Å². The van der Waals surface area contributed by atoms with Gasteiger partial charge in [0.25, 0.3) is 0 Å². The maximum atomic E-state index is 12.9. The molecule has 3 N–H and O–H groups in total. The molecule has 0 aliphatic heterocycles. The van der Waals surface area contributed by atoms with Crippen molar-refractivity contribution in [1.29, 1.82) is 0 Å². The highest BCUT2D eigenvalue weighted by atomic mass is 32.1. The standard InChI is InChI=1S/C21H23F6N3O7S/c1-3-9-30(10-8-28-7-6-11-4-5-12(31)13-14(11)38-18(35)29-13)15(32)19(2,36-16(33)20(22,23)24)37-17(34)21(25,26)27/h4-5,28,31H,3,6-10H2,1-2H3,(H,29,35). The molecule has 10 nitrogen and oxygen atoms in total. The molecule has 0 atom stereocenters. The molecule has 17 heteroatoms. The fourth-order valence-corrected chi connectivity index (χ4v) is 4.18. The lowest BCUT2D eigenvalue weighted by Crippen LogP contribution is -2.56. The van der Waals surface area contributed by atoms with E-state index in [1.165, 1.54) is 6.07 Å². The number of H-pyrrole nitrogens is 1. The number of ether oxygens (including phenoxy) is 2. The van der Waals surface area contributed by atoms with Crippen LogP contribution in [0.4, 0.5) is 26.3 Å². The van der Waals surface area contributed by atoms with Crippen molar-refractivity contribution in [3.05, 3.63) is 27.4 Å². The molecule has 0 aliphatic carbocycles. The number of phenols is 1. The highest BCUT2D eigenvalue weighted by Gasteiger charge is 2.54. The lowest BCUT2D eigenvalue weighted by molar-refractivity contribution is -0.265.